The zero-order valence-electron chi connectivity index (χ0n) is 16.5. The maximum Gasteiger partial charge on any atom is 0.252 e. The van der Waals surface area contributed by atoms with Crippen molar-refractivity contribution in [3.05, 3.63) is 58.1 Å². The Morgan fingerprint density at radius 3 is 2.77 bits per heavy atom. The van der Waals surface area contributed by atoms with Crippen molar-refractivity contribution < 1.29 is 18.7 Å². The van der Waals surface area contributed by atoms with Crippen LogP contribution in [0.4, 0.5) is 15.8 Å². The van der Waals surface area contributed by atoms with Gasteiger partial charge in [0.15, 0.2) is 0 Å². The lowest BCUT2D eigenvalue weighted by atomic mass is 10.1. The number of rotatable bonds is 5. The smallest absolute Gasteiger partial charge is 0.252 e. The molecule has 11 heteroatoms. The molecule has 1 unspecified atom stereocenters. The summed E-state index contributed by atoms with van der Waals surface area (Å²) in [4.78, 5) is 35.5. The van der Waals surface area contributed by atoms with E-state index in [1.165, 1.54) is 42.5 Å². The van der Waals surface area contributed by atoms with Crippen LogP contribution in [0.15, 0.2) is 41.5 Å². The number of nitrogens with two attached hydrogens (primary N) is 1. The minimum atomic E-state index is -0.832. The van der Waals surface area contributed by atoms with Gasteiger partial charge in [-0.05, 0) is 37.4 Å². The molecule has 3 rings (SSSR count). The van der Waals surface area contributed by atoms with E-state index in [4.69, 9.17) is 33.7 Å². The summed E-state index contributed by atoms with van der Waals surface area (Å²) in [6, 6.07) is 4.49. The topological polar surface area (TPSA) is 110 Å². The van der Waals surface area contributed by atoms with Crippen molar-refractivity contribution in [2.75, 3.05) is 23.9 Å². The number of carbonyl (C=O) groups is 2. The number of anilines is 2. The number of hydrogen-bond acceptors (Lipinski definition) is 6. The highest BCUT2D eigenvalue weighted by Gasteiger charge is 2.32. The Bertz CT molecular complexity index is 1110. The fourth-order valence-electron chi connectivity index (χ4n) is 3.01. The number of nitrogens with one attached hydrogen (secondary N) is 1. The summed E-state index contributed by atoms with van der Waals surface area (Å²) in [7, 11) is 1.40. The Morgan fingerprint density at radius 2 is 2.13 bits per heavy atom. The van der Waals surface area contributed by atoms with Crippen LogP contribution in [0.2, 0.25) is 10.2 Å². The van der Waals surface area contributed by atoms with Crippen LogP contribution in [-0.2, 0) is 9.59 Å². The van der Waals surface area contributed by atoms with E-state index in [2.05, 4.69) is 15.3 Å². The average molecular weight is 466 g/mol. The molecule has 0 spiro atoms. The van der Waals surface area contributed by atoms with E-state index in [0.717, 1.165) is 6.07 Å². The number of hydrogen-bond donors (Lipinski definition) is 2. The molecule has 1 aromatic heterocycles. The fourth-order valence-corrected chi connectivity index (χ4v) is 3.40. The van der Waals surface area contributed by atoms with E-state index >= 15 is 0 Å². The van der Waals surface area contributed by atoms with E-state index in [1.54, 1.807) is 6.92 Å². The number of halogens is 3. The summed E-state index contributed by atoms with van der Waals surface area (Å²) in [5.74, 6) is -1.56. The molecule has 3 N–H and O–H groups in total. The van der Waals surface area contributed by atoms with Gasteiger partial charge in [0.2, 0.25) is 11.8 Å². The number of aromatic nitrogens is 1. The fraction of sp³-hybridized carbons (Fsp3) is 0.200. The first-order valence-corrected chi connectivity index (χ1v) is 9.78. The summed E-state index contributed by atoms with van der Waals surface area (Å²) in [6.07, 6.45) is 2.75. The zero-order chi connectivity index (χ0) is 22.7. The van der Waals surface area contributed by atoms with Crippen LogP contribution in [0.25, 0.3) is 0 Å². The normalized spacial score (nSPS) is 16.0. The number of benzene rings is 1. The number of allylic oxidation sites excluding steroid dienone is 1. The average Bonchev–Trinajstić information content (AvgIpc) is 2.81. The Kier molecular flexibility index (Phi) is 6.77. The van der Waals surface area contributed by atoms with Gasteiger partial charge in [-0.2, -0.15) is 0 Å². The molecule has 2 aromatic rings. The van der Waals surface area contributed by atoms with Crippen molar-refractivity contribution in [1.82, 2.24) is 4.98 Å². The maximum absolute atomic E-state index is 13.7. The third kappa shape index (κ3) is 4.78. The minimum absolute atomic E-state index is 0.0262. The van der Waals surface area contributed by atoms with Crippen molar-refractivity contribution in [2.45, 2.75) is 13.0 Å². The second-order valence-corrected chi connectivity index (χ2v) is 7.27. The Morgan fingerprint density at radius 1 is 1.39 bits per heavy atom. The number of carbonyl (C=O) groups excluding carboxylic acids is 2. The molecule has 0 aliphatic carbocycles. The molecule has 162 valence electrons. The summed E-state index contributed by atoms with van der Waals surface area (Å²) in [5.41, 5.74) is 6.65. The highest BCUT2D eigenvalue weighted by Crippen LogP contribution is 2.34. The third-order valence-electron chi connectivity index (χ3n) is 4.40. The summed E-state index contributed by atoms with van der Waals surface area (Å²) in [5, 5.41) is 2.49. The van der Waals surface area contributed by atoms with Crippen molar-refractivity contribution in [3.8, 4) is 5.88 Å². The minimum Gasteiger partial charge on any atom is -0.481 e. The first kappa shape index (κ1) is 22.5. The number of methoxy groups -OCH3 is 1. The van der Waals surface area contributed by atoms with Gasteiger partial charge in [0.05, 0.1) is 29.1 Å². The van der Waals surface area contributed by atoms with E-state index in [9.17, 15) is 14.0 Å². The Hall–Kier alpha value is -3.17. The van der Waals surface area contributed by atoms with E-state index < -0.39 is 23.7 Å². The zero-order valence-corrected chi connectivity index (χ0v) is 18.0. The number of ether oxygens (including phenoxy) is 1. The van der Waals surface area contributed by atoms with Crippen LogP contribution < -0.4 is 20.7 Å². The standard InChI is InChI=1S/C20H18Cl2FN5O3/c1-10-20(30)28(9-16(29)26-11-3-4-12(21)13(23)7-11)15-8-17(31-2)27-19(22)18(15)14(25-10)5-6-24/h3-8,10H,9,24H2,1-2H3,(H,26,29)/b6-5-. The van der Waals surface area contributed by atoms with E-state index in [-0.39, 0.29) is 34.0 Å². The molecule has 2 amide bonds. The van der Waals surface area contributed by atoms with Crippen LogP contribution in [-0.4, -0.2) is 42.2 Å². The molecule has 0 radical (unpaired) electrons. The molecular formula is C20H18Cl2FN5O3. The van der Waals surface area contributed by atoms with Gasteiger partial charge in [0, 0.05) is 11.8 Å². The van der Waals surface area contributed by atoms with Crippen LogP contribution in [0, 0.1) is 5.82 Å². The van der Waals surface area contributed by atoms with Gasteiger partial charge in [-0.1, -0.05) is 23.2 Å². The number of fused-ring (bicyclic) bond motifs is 1. The van der Waals surface area contributed by atoms with Gasteiger partial charge < -0.3 is 20.7 Å². The van der Waals surface area contributed by atoms with Crippen LogP contribution in [0.3, 0.4) is 0 Å². The first-order valence-electron chi connectivity index (χ1n) is 9.02. The first-order chi connectivity index (χ1) is 14.7. The van der Waals surface area contributed by atoms with Crippen molar-refractivity contribution in [1.29, 1.82) is 0 Å². The second kappa shape index (κ2) is 9.32. The predicted molar refractivity (Wildman–Crippen MR) is 118 cm³/mol. The molecular weight excluding hydrogens is 448 g/mol. The van der Waals surface area contributed by atoms with Crippen LogP contribution in [0.1, 0.15) is 12.5 Å². The number of nitrogens with zero attached hydrogens (tertiary/aromatic N) is 3. The van der Waals surface area contributed by atoms with Crippen LogP contribution >= 0.6 is 23.2 Å². The number of amides is 2. The molecule has 31 heavy (non-hydrogen) atoms. The quantitative estimate of drug-likeness (QED) is 0.658. The van der Waals surface area contributed by atoms with Crippen molar-refractivity contribution in [3.63, 3.8) is 0 Å². The summed E-state index contributed by atoms with van der Waals surface area (Å²) in [6.45, 7) is 1.19. The second-order valence-electron chi connectivity index (χ2n) is 6.50. The van der Waals surface area contributed by atoms with E-state index in [1.807, 2.05) is 0 Å². The van der Waals surface area contributed by atoms with Gasteiger partial charge in [-0.25, -0.2) is 9.37 Å². The molecule has 0 saturated heterocycles. The molecule has 8 nitrogen and oxygen atoms in total. The highest BCUT2D eigenvalue weighted by atomic mass is 35.5. The lowest BCUT2D eigenvalue weighted by Crippen LogP contribution is -2.42. The lowest BCUT2D eigenvalue weighted by Gasteiger charge is -2.24. The van der Waals surface area contributed by atoms with Crippen molar-refractivity contribution in [2.24, 2.45) is 10.7 Å². The SMILES string of the molecule is COc1cc2c(c(Cl)n1)C(/C=C\N)=NC(C)C(=O)N2CC(=O)Nc1ccc(Cl)c(F)c1. The Labute approximate surface area is 187 Å². The maximum atomic E-state index is 13.7. The van der Waals surface area contributed by atoms with Crippen molar-refractivity contribution >= 4 is 52.1 Å². The van der Waals surface area contributed by atoms with Gasteiger partial charge in [0.25, 0.3) is 5.91 Å². The van der Waals surface area contributed by atoms with E-state index in [0.29, 0.717) is 11.3 Å². The number of pyridine rings is 1. The molecule has 0 fully saturated rings. The molecule has 1 aromatic carbocycles. The third-order valence-corrected chi connectivity index (χ3v) is 4.98. The van der Waals surface area contributed by atoms with Gasteiger partial charge >= 0.3 is 0 Å². The summed E-state index contributed by atoms with van der Waals surface area (Å²) >= 11 is 12.0. The van der Waals surface area contributed by atoms with Crippen LogP contribution in [0.5, 0.6) is 5.88 Å². The monoisotopic (exact) mass is 465 g/mol. The molecule has 2 heterocycles. The molecule has 0 bridgehead atoms. The summed E-state index contributed by atoms with van der Waals surface area (Å²) < 4.78 is 18.8. The molecule has 1 atom stereocenters. The van der Waals surface area contributed by atoms with Gasteiger partial charge in [-0.3, -0.25) is 14.6 Å². The Balaban J connectivity index is 2.01. The lowest BCUT2D eigenvalue weighted by molar-refractivity contribution is -0.122. The largest absolute Gasteiger partial charge is 0.481 e. The van der Waals surface area contributed by atoms with Gasteiger partial charge in [0.1, 0.15) is 23.6 Å². The molecule has 1 aliphatic rings. The molecule has 0 saturated carbocycles. The predicted octanol–water partition coefficient (Wildman–Crippen LogP) is 3.17. The highest BCUT2D eigenvalue weighted by molar-refractivity contribution is 6.35. The van der Waals surface area contributed by atoms with Gasteiger partial charge in [-0.15, -0.1) is 0 Å². The number of aliphatic imine (C=N–C) groups is 1. The molecule has 1 aliphatic heterocycles.